The molecule has 8 heteroatoms. The van der Waals surface area contributed by atoms with Crippen molar-refractivity contribution in [3.8, 4) is 0 Å². The summed E-state index contributed by atoms with van der Waals surface area (Å²) in [6.07, 6.45) is 1.19. The highest BCUT2D eigenvalue weighted by molar-refractivity contribution is 6.01. The summed E-state index contributed by atoms with van der Waals surface area (Å²) in [5, 5.41) is 8.91. The molecule has 0 saturated heterocycles. The number of ether oxygens (including phenoxy) is 1. The molecule has 5 nitrogen and oxygen atoms in total. The first-order valence-electron chi connectivity index (χ1n) is 9.25. The smallest absolute Gasteiger partial charge is 0.433 e. The van der Waals surface area contributed by atoms with E-state index in [0.29, 0.717) is 23.5 Å². The number of nitrogens with one attached hydrogen (secondary N) is 2. The molecule has 0 spiro atoms. The molecule has 2 N–H and O–H groups in total. The fourth-order valence-electron chi connectivity index (χ4n) is 3.99. The summed E-state index contributed by atoms with van der Waals surface area (Å²) in [7, 11) is 1.42. The molecule has 0 saturated carbocycles. The normalized spacial score (nSPS) is 21.7. The van der Waals surface area contributed by atoms with Gasteiger partial charge in [0.25, 0.3) is 0 Å². The lowest BCUT2D eigenvalue weighted by Gasteiger charge is -2.38. The van der Waals surface area contributed by atoms with Crippen LogP contribution in [0.2, 0.25) is 0 Å². The van der Waals surface area contributed by atoms with Gasteiger partial charge in [0, 0.05) is 29.2 Å². The van der Waals surface area contributed by atoms with E-state index >= 15 is 0 Å². The van der Waals surface area contributed by atoms with Crippen LogP contribution in [0, 0.1) is 5.41 Å². The van der Waals surface area contributed by atoms with Crippen molar-refractivity contribution in [1.29, 1.82) is 0 Å². The van der Waals surface area contributed by atoms with Crippen LogP contribution in [-0.4, -0.2) is 23.1 Å². The van der Waals surface area contributed by atoms with Crippen LogP contribution in [0.25, 0.3) is 0 Å². The van der Waals surface area contributed by atoms with E-state index < -0.39 is 17.8 Å². The van der Waals surface area contributed by atoms with Gasteiger partial charge in [0.05, 0.1) is 7.11 Å². The molecule has 1 atom stereocenters. The second-order valence-corrected chi connectivity index (χ2v) is 8.04. The molecule has 0 aromatic carbocycles. The zero-order valence-electron chi connectivity index (χ0n) is 16.8. The van der Waals surface area contributed by atoms with Crippen molar-refractivity contribution in [3.05, 3.63) is 58.7 Å². The summed E-state index contributed by atoms with van der Waals surface area (Å²) >= 11 is 0. The number of rotatable bonds is 4. The number of ketones is 1. The average Bonchev–Trinajstić information content (AvgIpc) is 3.03. The third-order valence-corrected chi connectivity index (χ3v) is 5.18. The Morgan fingerprint density at radius 3 is 2.62 bits per heavy atom. The largest absolute Gasteiger partial charge is 0.496 e. The molecule has 0 amide bonds. The van der Waals surface area contributed by atoms with E-state index in [4.69, 9.17) is 4.74 Å². The van der Waals surface area contributed by atoms with Gasteiger partial charge in [-0.25, -0.2) is 0 Å². The Balaban J connectivity index is 2.24. The Bertz CT molecular complexity index is 949. The number of nitrogens with zero attached hydrogens (tertiary/aromatic N) is 1. The maximum absolute atomic E-state index is 13.7. The van der Waals surface area contributed by atoms with E-state index in [2.05, 4.69) is 22.1 Å². The number of alkyl halides is 3. The number of fused-ring (bicyclic) bond motifs is 1. The molecular formula is C21H24F3N3O2. The predicted molar refractivity (Wildman–Crippen MR) is 104 cm³/mol. The molecule has 1 aliphatic heterocycles. The minimum Gasteiger partial charge on any atom is -0.496 e. The molecular weight excluding hydrogens is 383 g/mol. The molecule has 1 aromatic heterocycles. The lowest BCUT2D eigenvalue weighted by molar-refractivity contribution is -0.142. The number of H-pyrrole nitrogens is 1. The number of hydrogen-bond donors (Lipinski definition) is 2. The zero-order valence-corrected chi connectivity index (χ0v) is 16.8. The Morgan fingerprint density at radius 1 is 1.34 bits per heavy atom. The fourth-order valence-corrected chi connectivity index (χ4v) is 3.99. The van der Waals surface area contributed by atoms with E-state index in [0.717, 1.165) is 0 Å². The number of hydrogen-bond acceptors (Lipinski definition) is 4. The van der Waals surface area contributed by atoms with E-state index in [1.807, 2.05) is 13.8 Å². The third kappa shape index (κ3) is 3.75. The molecule has 0 unspecified atom stereocenters. The first-order valence-corrected chi connectivity index (χ1v) is 9.25. The highest BCUT2D eigenvalue weighted by Crippen LogP contribution is 2.52. The highest BCUT2D eigenvalue weighted by Gasteiger charge is 2.47. The number of anilines is 1. The van der Waals surface area contributed by atoms with Crippen LogP contribution in [-0.2, 0) is 15.7 Å². The fraction of sp³-hybridized carbons (Fsp3) is 0.429. The Kier molecular flexibility index (Phi) is 5.23. The van der Waals surface area contributed by atoms with Gasteiger partial charge in [-0.15, -0.1) is 0 Å². The second-order valence-electron chi connectivity index (χ2n) is 8.04. The van der Waals surface area contributed by atoms with Crippen LogP contribution < -0.4 is 5.32 Å². The minimum absolute atomic E-state index is 0.0641. The summed E-state index contributed by atoms with van der Waals surface area (Å²) in [6, 6.07) is 0. The number of allylic oxidation sites excluding steroid dienone is 6. The maximum atomic E-state index is 13.7. The number of Topliss-reactive ketones (excluding diaryl/α,β-unsaturated/α-hetero) is 1. The standard InChI is InChI=1S/C21H24F3N3O2/c1-6-7-8-14(29-5)11(2)15-16-12(9-20(3,4)10-13(16)28)25-19-17(15)18(26-27-19)21(22,23)24/h6-8,15H,2,9-10H2,1,3-5H3,(H2,25,26,27)/b7-6-,14-8+/t15-/m1/s1. The lowest BCUT2D eigenvalue weighted by atomic mass is 9.68. The molecule has 2 aliphatic rings. The predicted octanol–water partition coefficient (Wildman–Crippen LogP) is 5.24. The molecule has 0 radical (unpaired) electrons. The second kappa shape index (κ2) is 7.24. The summed E-state index contributed by atoms with van der Waals surface area (Å²) in [4.78, 5) is 13.1. The first-order chi connectivity index (χ1) is 13.5. The number of carbonyl (C=O) groups is 1. The number of methoxy groups -OCH3 is 1. The van der Waals surface area contributed by atoms with Crippen molar-refractivity contribution in [3.63, 3.8) is 0 Å². The van der Waals surface area contributed by atoms with Crippen molar-refractivity contribution in [1.82, 2.24) is 10.2 Å². The summed E-state index contributed by atoms with van der Waals surface area (Å²) in [5.74, 6) is -0.831. The Labute approximate surface area is 167 Å². The topological polar surface area (TPSA) is 67.0 Å². The Morgan fingerprint density at radius 2 is 2.03 bits per heavy atom. The van der Waals surface area contributed by atoms with Crippen LogP contribution >= 0.6 is 0 Å². The average molecular weight is 407 g/mol. The third-order valence-electron chi connectivity index (χ3n) is 5.18. The lowest BCUT2D eigenvalue weighted by Crippen LogP contribution is -2.34. The van der Waals surface area contributed by atoms with Crippen molar-refractivity contribution in [2.75, 3.05) is 12.4 Å². The number of aromatic nitrogens is 2. The number of halogens is 3. The molecule has 156 valence electrons. The van der Waals surface area contributed by atoms with E-state index in [9.17, 15) is 18.0 Å². The highest BCUT2D eigenvalue weighted by atomic mass is 19.4. The zero-order chi connectivity index (χ0) is 21.6. The monoisotopic (exact) mass is 407 g/mol. The maximum Gasteiger partial charge on any atom is 0.433 e. The molecule has 3 rings (SSSR count). The van der Waals surface area contributed by atoms with Crippen LogP contribution in [0.15, 0.2) is 47.4 Å². The molecule has 2 heterocycles. The van der Waals surface area contributed by atoms with Crippen LogP contribution in [0.1, 0.15) is 50.8 Å². The van der Waals surface area contributed by atoms with Crippen molar-refractivity contribution in [2.45, 2.75) is 45.7 Å². The van der Waals surface area contributed by atoms with Gasteiger partial charge in [0.1, 0.15) is 11.5 Å². The number of carbonyl (C=O) groups excluding carboxylic acids is 1. The first kappa shape index (κ1) is 21.0. The van der Waals surface area contributed by atoms with Crippen LogP contribution in [0.3, 0.4) is 0 Å². The summed E-state index contributed by atoms with van der Waals surface area (Å²) < 4.78 is 46.5. The van der Waals surface area contributed by atoms with Gasteiger partial charge in [-0.3, -0.25) is 9.89 Å². The quantitative estimate of drug-likeness (QED) is 0.529. The van der Waals surface area contributed by atoms with Gasteiger partial charge >= 0.3 is 6.18 Å². The van der Waals surface area contributed by atoms with Crippen LogP contribution in [0.4, 0.5) is 19.0 Å². The SMILES string of the molecule is C=C(/C(=C\C=C/C)OC)[C@@H]1C2=C(CC(C)(C)CC2=O)Nc2n[nH]c(C(F)(F)F)c21. The number of aromatic amines is 1. The molecule has 0 fully saturated rings. The molecule has 0 bridgehead atoms. The Hall–Kier alpha value is -2.77. The minimum atomic E-state index is -4.66. The summed E-state index contributed by atoms with van der Waals surface area (Å²) in [5.41, 5.74) is -0.250. The van der Waals surface area contributed by atoms with Gasteiger partial charge in [0.2, 0.25) is 0 Å². The van der Waals surface area contributed by atoms with Gasteiger partial charge < -0.3 is 10.1 Å². The van der Waals surface area contributed by atoms with E-state index in [1.165, 1.54) is 7.11 Å². The van der Waals surface area contributed by atoms with Gasteiger partial charge in [-0.2, -0.15) is 18.3 Å². The van der Waals surface area contributed by atoms with Gasteiger partial charge in [0.15, 0.2) is 11.6 Å². The van der Waals surface area contributed by atoms with Crippen molar-refractivity contribution in [2.24, 2.45) is 5.41 Å². The van der Waals surface area contributed by atoms with Gasteiger partial charge in [-0.1, -0.05) is 32.6 Å². The molecule has 29 heavy (non-hydrogen) atoms. The van der Waals surface area contributed by atoms with E-state index in [-0.39, 0.29) is 34.6 Å². The van der Waals surface area contributed by atoms with Crippen molar-refractivity contribution >= 4 is 11.6 Å². The van der Waals surface area contributed by atoms with Crippen molar-refractivity contribution < 1.29 is 22.7 Å². The summed E-state index contributed by atoms with van der Waals surface area (Å²) in [6.45, 7) is 9.73. The van der Waals surface area contributed by atoms with E-state index in [1.54, 1.807) is 25.2 Å². The van der Waals surface area contributed by atoms with Gasteiger partial charge in [-0.05, 0) is 30.4 Å². The van der Waals surface area contributed by atoms with Crippen LogP contribution in [0.5, 0.6) is 0 Å². The molecule has 1 aliphatic carbocycles. The molecule has 1 aromatic rings.